The molecule has 0 amide bonds. The molecule has 1 heteroatoms. The van der Waals surface area contributed by atoms with Gasteiger partial charge in [-0.1, -0.05) is 134 Å². The summed E-state index contributed by atoms with van der Waals surface area (Å²) in [6, 6.07) is 43.9. The molecule has 0 atom stereocenters. The monoisotopic (exact) mass is 675 g/mol. The van der Waals surface area contributed by atoms with Crippen molar-refractivity contribution in [3.8, 4) is 27.9 Å². The van der Waals surface area contributed by atoms with E-state index in [1.54, 1.807) is 0 Å². The third-order valence-corrected chi connectivity index (χ3v) is 12.2. The van der Waals surface area contributed by atoms with Crippen LogP contribution in [0.4, 0.5) is 0 Å². The van der Waals surface area contributed by atoms with Crippen LogP contribution in [0.15, 0.2) is 115 Å². The van der Waals surface area contributed by atoms with Crippen LogP contribution in [0.1, 0.15) is 88.9 Å². The molecule has 1 aliphatic carbocycles. The summed E-state index contributed by atoms with van der Waals surface area (Å²) in [6.07, 6.45) is 0. The molecule has 0 aliphatic heterocycles. The number of benzene rings is 7. The van der Waals surface area contributed by atoms with Gasteiger partial charge >= 0.3 is 0 Å². The third-order valence-electron chi connectivity index (χ3n) is 12.2. The standard InChI is InChI=1S/C51H49N/c1-30-31(2)52(46-29-43-42(28-41(30)46)47(49(3,4)5)39-17-13-14-18-40(39)48(43)50(6,7)8)36-22-24-38-37-23-21-35(26-44(37)51(9,10)45(38)27-36)34-20-19-32-15-11-12-16-33(32)25-34/h11-29H,1-10H3. The Hall–Kier alpha value is -5.14. The average molecular weight is 676 g/mol. The van der Waals surface area contributed by atoms with Crippen molar-refractivity contribution in [2.75, 3.05) is 0 Å². The minimum absolute atomic E-state index is 0.0117. The number of hydrogen-bond donors (Lipinski definition) is 0. The highest BCUT2D eigenvalue weighted by Gasteiger charge is 2.36. The fraction of sp³-hybridized carbons (Fsp3) is 0.255. The van der Waals surface area contributed by atoms with Gasteiger partial charge in [-0.05, 0) is 143 Å². The summed E-state index contributed by atoms with van der Waals surface area (Å²) in [6.45, 7) is 23.6. The lowest BCUT2D eigenvalue weighted by Gasteiger charge is -2.30. The van der Waals surface area contributed by atoms with Crippen LogP contribution in [0, 0.1) is 13.8 Å². The summed E-state index contributed by atoms with van der Waals surface area (Å²) in [4.78, 5) is 0. The van der Waals surface area contributed by atoms with Gasteiger partial charge in [-0.25, -0.2) is 0 Å². The first-order chi connectivity index (χ1) is 24.6. The summed E-state index contributed by atoms with van der Waals surface area (Å²) < 4.78 is 2.53. The number of rotatable bonds is 2. The molecule has 1 heterocycles. The van der Waals surface area contributed by atoms with E-state index in [4.69, 9.17) is 0 Å². The molecule has 258 valence electrons. The van der Waals surface area contributed by atoms with Gasteiger partial charge in [0.2, 0.25) is 0 Å². The summed E-state index contributed by atoms with van der Waals surface area (Å²) in [5.41, 5.74) is 15.9. The quantitative estimate of drug-likeness (QED) is 0.161. The highest BCUT2D eigenvalue weighted by atomic mass is 15.0. The second-order valence-electron chi connectivity index (χ2n) is 17.9. The molecule has 0 saturated heterocycles. The lowest BCUT2D eigenvalue weighted by atomic mass is 9.74. The number of fused-ring (bicyclic) bond motifs is 7. The van der Waals surface area contributed by atoms with Gasteiger partial charge in [0.1, 0.15) is 0 Å². The van der Waals surface area contributed by atoms with E-state index < -0.39 is 0 Å². The molecule has 0 saturated carbocycles. The van der Waals surface area contributed by atoms with Crippen molar-refractivity contribution in [2.45, 2.75) is 85.5 Å². The third kappa shape index (κ3) is 4.68. The molecular weight excluding hydrogens is 627 g/mol. The highest BCUT2D eigenvalue weighted by Crippen LogP contribution is 2.51. The van der Waals surface area contributed by atoms with Gasteiger partial charge in [0.15, 0.2) is 0 Å². The van der Waals surface area contributed by atoms with Crippen molar-refractivity contribution >= 4 is 43.2 Å². The minimum atomic E-state index is -0.133. The Bertz CT molecular complexity index is 2790. The molecule has 0 bridgehead atoms. The molecule has 9 rings (SSSR count). The predicted molar refractivity (Wildman–Crippen MR) is 226 cm³/mol. The van der Waals surface area contributed by atoms with Gasteiger partial charge in [-0.2, -0.15) is 0 Å². The van der Waals surface area contributed by atoms with Crippen LogP contribution in [-0.4, -0.2) is 4.57 Å². The van der Waals surface area contributed by atoms with Crippen molar-refractivity contribution in [1.82, 2.24) is 4.57 Å². The Morgan fingerprint density at radius 2 is 1.02 bits per heavy atom. The first-order valence-corrected chi connectivity index (χ1v) is 18.9. The highest BCUT2D eigenvalue weighted by molar-refractivity contribution is 6.12. The molecule has 0 fully saturated rings. The van der Waals surface area contributed by atoms with Crippen molar-refractivity contribution in [1.29, 1.82) is 0 Å². The molecule has 1 aromatic heterocycles. The smallest absolute Gasteiger partial charge is 0.0540 e. The Morgan fingerprint density at radius 3 is 1.67 bits per heavy atom. The summed E-state index contributed by atoms with van der Waals surface area (Å²) in [7, 11) is 0. The van der Waals surface area contributed by atoms with E-state index in [-0.39, 0.29) is 16.2 Å². The van der Waals surface area contributed by atoms with Crippen LogP contribution in [0.2, 0.25) is 0 Å². The van der Waals surface area contributed by atoms with E-state index >= 15 is 0 Å². The minimum Gasteiger partial charge on any atom is -0.314 e. The fourth-order valence-corrected chi connectivity index (χ4v) is 9.60. The van der Waals surface area contributed by atoms with Crippen LogP contribution >= 0.6 is 0 Å². The van der Waals surface area contributed by atoms with Crippen LogP contribution in [-0.2, 0) is 16.2 Å². The van der Waals surface area contributed by atoms with Crippen molar-refractivity contribution in [2.24, 2.45) is 0 Å². The number of aromatic nitrogens is 1. The lowest BCUT2D eigenvalue weighted by molar-refractivity contribution is 0.593. The van der Waals surface area contributed by atoms with E-state index in [1.807, 2.05) is 0 Å². The molecule has 0 N–H and O–H groups in total. The molecule has 52 heavy (non-hydrogen) atoms. The maximum absolute atomic E-state index is 2.53. The number of nitrogens with zero attached hydrogens (tertiary/aromatic N) is 1. The maximum atomic E-state index is 2.53. The second-order valence-corrected chi connectivity index (χ2v) is 17.9. The zero-order valence-electron chi connectivity index (χ0n) is 32.4. The topological polar surface area (TPSA) is 4.93 Å². The van der Waals surface area contributed by atoms with Gasteiger partial charge in [-0.15, -0.1) is 0 Å². The van der Waals surface area contributed by atoms with E-state index in [9.17, 15) is 0 Å². The first kappa shape index (κ1) is 32.7. The van der Waals surface area contributed by atoms with Crippen LogP contribution in [0.3, 0.4) is 0 Å². The SMILES string of the molecule is Cc1c(C)n(-c2ccc3c(c2)C(C)(C)c2cc(-c4ccc5ccccc5c4)ccc2-3)c2cc3c(C(C)(C)C)c4ccccc4c(C(C)(C)C)c3cc12. The zero-order valence-corrected chi connectivity index (χ0v) is 32.4. The van der Waals surface area contributed by atoms with E-state index in [1.165, 1.54) is 105 Å². The molecule has 0 radical (unpaired) electrons. The Kier molecular flexibility index (Phi) is 6.89. The lowest BCUT2D eigenvalue weighted by Crippen LogP contribution is -2.17. The van der Waals surface area contributed by atoms with Crippen molar-refractivity contribution in [3.05, 3.63) is 149 Å². The van der Waals surface area contributed by atoms with Gasteiger partial charge in [0.25, 0.3) is 0 Å². The molecule has 0 spiro atoms. The number of hydrogen-bond acceptors (Lipinski definition) is 0. The van der Waals surface area contributed by atoms with Crippen LogP contribution in [0.25, 0.3) is 71.2 Å². The maximum Gasteiger partial charge on any atom is 0.0540 e. The van der Waals surface area contributed by atoms with E-state index in [2.05, 4.69) is 189 Å². The predicted octanol–water partition coefficient (Wildman–Crippen LogP) is 14.3. The zero-order chi connectivity index (χ0) is 36.5. The molecule has 1 nitrogen and oxygen atoms in total. The van der Waals surface area contributed by atoms with Gasteiger partial charge in [-0.3, -0.25) is 0 Å². The fourth-order valence-electron chi connectivity index (χ4n) is 9.60. The average Bonchev–Trinajstić information content (AvgIpc) is 3.48. The van der Waals surface area contributed by atoms with Crippen LogP contribution < -0.4 is 0 Å². The normalized spacial score (nSPS) is 14.1. The summed E-state index contributed by atoms with van der Waals surface area (Å²) >= 11 is 0. The van der Waals surface area contributed by atoms with E-state index in [0.717, 1.165) is 0 Å². The van der Waals surface area contributed by atoms with Gasteiger partial charge in [0, 0.05) is 22.2 Å². The van der Waals surface area contributed by atoms with Crippen LogP contribution in [0.5, 0.6) is 0 Å². The summed E-state index contributed by atoms with van der Waals surface area (Å²) in [5.74, 6) is 0. The second kappa shape index (κ2) is 10.9. The number of aryl methyl sites for hydroxylation is 1. The Morgan fingerprint density at radius 1 is 0.481 bits per heavy atom. The van der Waals surface area contributed by atoms with Crippen molar-refractivity contribution < 1.29 is 0 Å². The molecule has 7 aromatic carbocycles. The Labute approximate surface area is 308 Å². The Balaban J connectivity index is 1.24. The molecule has 1 aliphatic rings. The summed E-state index contributed by atoms with van der Waals surface area (Å²) in [5, 5.41) is 9.41. The molecule has 0 unspecified atom stereocenters. The molecular formula is C51H49N. The van der Waals surface area contributed by atoms with Crippen molar-refractivity contribution in [3.63, 3.8) is 0 Å². The van der Waals surface area contributed by atoms with Gasteiger partial charge in [0.05, 0.1) is 5.52 Å². The largest absolute Gasteiger partial charge is 0.314 e. The first-order valence-electron chi connectivity index (χ1n) is 18.9. The molecule has 8 aromatic rings. The van der Waals surface area contributed by atoms with Gasteiger partial charge < -0.3 is 4.57 Å². The van der Waals surface area contributed by atoms with E-state index in [0.29, 0.717) is 0 Å².